The molecule has 0 aromatic heterocycles. The van der Waals surface area contributed by atoms with E-state index in [4.69, 9.17) is 4.74 Å². The summed E-state index contributed by atoms with van der Waals surface area (Å²) >= 11 is 0. The zero-order valence-corrected chi connectivity index (χ0v) is 10.3. The van der Waals surface area contributed by atoms with Gasteiger partial charge >= 0.3 is 0 Å². The summed E-state index contributed by atoms with van der Waals surface area (Å²) in [6, 6.07) is 0.883. The lowest BCUT2D eigenvalue weighted by atomic mass is 9.89. The van der Waals surface area contributed by atoms with Crippen molar-refractivity contribution >= 4 is 5.78 Å². The maximum Gasteiger partial charge on any atom is 0.138 e. The van der Waals surface area contributed by atoms with Crippen molar-refractivity contribution in [1.82, 2.24) is 4.90 Å². The highest BCUT2D eigenvalue weighted by atomic mass is 16.5. The summed E-state index contributed by atoms with van der Waals surface area (Å²) in [6.45, 7) is 8.13. The minimum Gasteiger partial charge on any atom is -0.385 e. The highest BCUT2D eigenvalue weighted by Gasteiger charge is 2.32. The monoisotopic (exact) mass is 213 g/mol. The van der Waals surface area contributed by atoms with E-state index >= 15 is 0 Å². The number of nitrogens with zero attached hydrogens (tertiary/aromatic N) is 1. The van der Waals surface area contributed by atoms with E-state index in [0.29, 0.717) is 24.3 Å². The van der Waals surface area contributed by atoms with Crippen molar-refractivity contribution in [3.63, 3.8) is 0 Å². The third kappa shape index (κ3) is 3.02. The smallest absolute Gasteiger partial charge is 0.138 e. The van der Waals surface area contributed by atoms with Gasteiger partial charge in [0.05, 0.1) is 0 Å². The Kier molecular flexibility index (Phi) is 4.74. The number of Topliss-reactive ketones (excluding diaryl/α,β-unsaturated/α-hetero) is 1. The number of hydrogen-bond donors (Lipinski definition) is 0. The number of carbonyl (C=O) groups excluding carboxylic acids is 1. The number of methoxy groups -OCH3 is 1. The molecule has 1 aliphatic heterocycles. The highest BCUT2D eigenvalue weighted by Crippen LogP contribution is 2.23. The van der Waals surface area contributed by atoms with Crippen LogP contribution in [-0.4, -0.2) is 43.0 Å². The molecule has 1 aliphatic rings. The normalized spacial score (nSPS) is 30.5. The quantitative estimate of drug-likeness (QED) is 0.712. The molecule has 88 valence electrons. The molecule has 0 spiro atoms. The zero-order chi connectivity index (χ0) is 11.4. The molecule has 3 unspecified atom stereocenters. The van der Waals surface area contributed by atoms with Gasteiger partial charge in [-0.25, -0.2) is 0 Å². The van der Waals surface area contributed by atoms with Crippen LogP contribution < -0.4 is 0 Å². The molecule has 0 saturated carbocycles. The van der Waals surface area contributed by atoms with Crippen LogP contribution in [0.15, 0.2) is 0 Å². The average molecular weight is 213 g/mol. The van der Waals surface area contributed by atoms with Crippen LogP contribution >= 0.6 is 0 Å². The Hall–Kier alpha value is -0.410. The minimum absolute atomic E-state index is 0.184. The van der Waals surface area contributed by atoms with Crippen LogP contribution in [0.1, 0.15) is 33.6 Å². The van der Waals surface area contributed by atoms with Gasteiger partial charge in [-0.2, -0.15) is 0 Å². The van der Waals surface area contributed by atoms with Crippen LogP contribution in [-0.2, 0) is 9.53 Å². The van der Waals surface area contributed by atoms with Gasteiger partial charge in [-0.1, -0.05) is 6.92 Å². The van der Waals surface area contributed by atoms with Crippen LogP contribution in [0.2, 0.25) is 0 Å². The van der Waals surface area contributed by atoms with E-state index < -0.39 is 0 Å². The maximum atomic E-state index is 11.5. The van der Waals surface area contributed by atoms with Crippen molar-refractivity contribution in [3.8, 4) is 0 Å². The molecule has 0 N–H and O–H groups in total. The summed E-state index contributed by atoms with van der Waals surface area (Å²) in [7, 11) is 1.73. The van der Waals surface area contributed by atoms with E-state index in [-0.39, 0.29) is 5.92 Å². The van der Waals surface area contributed by atoms with Gasteiger partial charge in [0.25, 0.3) is 0 Å². The first-order chi connectivity index (χ1) is 7.07. The molecule has 3 heteroatoms. The Morgan fingerprint density at radius 3 is 2.80 bits per heavy atom. The fraction of sp³-hybridized carbons (Fsp3) is 0.917. The summed E-state index contributed by atoms with van der Waals surface area (Å²) in [5.74, 6) is 0.599. The first kappa shape index (κ1) is 12.7. The Labute approximate surface area is 92.8 Å². The second kappa shape index (κ2) is 5.61. The molecule has 1 rings (SSSR count). The molecule has 1 heterocycles. The predicted octanol–water partition coefficient (Wildman–Crippen LogP) is 1.71. The first-order valence-corrected chi connectivity index (χ1v) is 5.85. The number of rotatable bonds is 4. The van der Waals surface area contributed by atoms with Crippen molar-refractivity contribution in [2.75, 3.05) is 20.3 Å². The van der Waals surface area contributed by atoms with E-state index in [9.17, 15) is 4.79 Å². The van der Waals surface area contributed by atoms with Gasteiger partial charge in [-0.3, -0.25) is 9.69 Å². The Bertz CT molecular complexity index is 218. The van der Waals surface area contributed by atoms with Gasteiger partial charge in [0, 0.05) is 44.7 Å². The van der Waals surface area contributed by atoms with Gasteiger partial charge < -0.3 is 4.74 Å². The summed E-state index contributed by atoms with van der Waals surface area (Å²) in [4.78, 5) is 14.0. The summed E-state index contributed by atoms with van der Waals surface area (Å²) < 4.78 is 5.09. The van der Waals surface area contributed by atoms with E-state index in [1.807, 2.05) is 6.92 Å². The van der Waals surface area contributed by atoms with Crippen molar-refractivity contribution < 1.29 is 9.53 Å². The molecule has 15 heavy (non-hydrogen) atoms. The van der Waals surface area contributed by atoms with Crippen LogP contribution in [0.4, 0.5) is 0 Å². The van der Waals surface area contributed by atoms with Crippen molar-refractivity contribution in [2.24, 2.45) is 5.92 Å². The van der Waals surface area contributed by atoms with E-state index in [0.717, 1.165) is 19.6 Å². The third-order valence-corrected chi connectivity index (χ3v) is 3.68. The Morgan fingerprint density at radius 1 is 1.53 bits per heavy atom. The molecular formula is C12H23NO2. The van der Waals surface area contributed by atoms with E-state index in [2.05, 4.69) is 18.7 Å². The summed E-state index contributed by atoms with van der Waals surface area (Å²) in [6.07, 6.45) is 1.75. The number of ketones is 1. The SMILES string of the molecule is COCCC(C)N1CCC(=O)C(C)C1C. The highest BCUT2D eigenvalue weighted by molar-refractivity contribution is 5.82. The van der Waals surface area contributed by atoms with Crippen LogP contribution in [0.25, 0.3) is 0 Å². The molecule has 0 amide bonds. The molecule has 0 radical (unpaired) electrons. The second-order valence-electron chi connectivity index (χ2n) is 4.61. The molecular weight excluding hydrogens is 190 g/mol. The van der Waals surface area contributed by atoms with E-state index in [1.165, 1.54) is 0 Å². The van der Waals surface area contributed by atoms with Crippen molar-refractivity contribution in [2.45, 2.75) is 45.7 Å². The number of piperidine rings is 1. The molecule has 3 nitrogen and oxygen atoms in total. The lowest BCUT2D eigenvalue weighted by molar-refractivity contribution is -0.128. The second-order valence-corrected chi connectivity index (χ2v) is 4.61. The van der Waals surface area contributed by atoms with Crippen LogP contribution in [0.5, 0.6) is 0 Å². The fourth-order valence-corrected chi connectivity index (χ4v) is 2.30. The Balaban J connectivity index is 2.51. The number of carbonyl (C=O) groups is 1. The summed E-state index contributed by atoms with van der Waals surface area (Å²) in [5, 5.41) is 0. The number of likely N-dealkylation sites (tertiary alicyclic amines) is 1. The molecule has 1 fully saturated rings. The van der Waals surface area contributed by atoms with Crippen molar-refractivity contribution in [3.05, 3.63) is 0 Å². The van der Waals surface area contributed by atoms with Gasteiger partial charge in [-0.05, 0) is 20.3 Å². The lowest BCUT2D eigenvalue weighted by Gasteiger charge is -2.40. The molecule has 0 aliphatic carbocycles. The maximum absolute atomic E-state index is 11.5. The van der Waals surface area contributed by atoms with Gasteiger partial charge in [0.2, 0.25) is 0 Å². The fourth-order valence-electron chi connectivity index (χ4n) is 2.30. The molecule has 1 saturated heterocycles. The van der Waals surface area contributed by atoms with Gasteiger partial charge in [0.1, 0.15) is 5.78 Å². The summed E-state index contributed by atoms with van der Waals surface area (Å²) in [5.41, 5.74) is 0. The van der Waals surface area contributed by atoms with Crippen LogP contribution in [0, 0.1) is 5.92 Å². The molecule has 0 aromatic rings. The predicted molar refractivity (Wildman–Crippen MR) is 60.9 cm³/mol. The van der Waals surface area contributed by atoms with Crippen LogP contribution in [0.3, 0.4) is 0 Å². The average Bonchev–Trinajstić information content (AvgIpc) is 2.23. The van der Waals surface area contributed by atoms with E-state index in [1.54, 1.807) is 7.11 Å². The first-order valence-electron chi connectivity index (χ1n) is 5.85. The third-order valence-electron chi connectivity index (χ3n) is 3.68. The van der Waals surface area contributed by atoms with Gasteiger partial charge in [-0.15, -0.1) is 0 Å². The standard InChI is InChI=1S/C12H23NO2/c1-9(6-8-15-4)13-7-5-12(14)10(2)11(13)3/h9-11H,5-8H2,1-4H3. The number of hydrogen-bond acceptors (Lipinski definition) is 3. The topological polar surface area (TPSA) is 29.5 Å². The molecule has 0 bridgehead atoms. The zero-order valence-electron chi connectivity index (χ0n) is 10.3. The number of ether oxygens (including phenoxy) is 1. The van der Waals surface area contributed by atoms with Gasteiger partial charge in [0.15, 0.2) is 0 Å². The largest absolute Gasteiger partial charge is 0.385 e. The minimum atomic E-state index is 0.184. The molecule has 3 atom stereocenters. The van der Waals surface area contributed by atoms with Crippen molar-refractivity contribution in [1.29, 1.82) is 0 Å². The Morgan fingerprint density at radius 2 is 2.20 bits per heavy atom. The lowest BCUT2D eigenvalue weighted by Crippen LogP contribution is -2.50. The molecule has 0 aromatic carbocycles.